The molecule has 1 N–H and O–H groups in total. The van der Waals surface area contributed by atoms with E-state index in [-0.39, 0.29) is 5.82 Å². The molecule has 0 aliphatic carbocycles. The molecule has 0 aromatic heterocycles. The number of carboxylic acid groups (broad SMARTS) is 1. The molecule has 146 valence electrons. The van der Waals surface area contributed by atoms with Gasteiger partial charge in [0.15, 0.2) is 0 Å². The Morgan fingerprint density at radius 2 is 1.56 bits per heavy atom. The van der Waals surface area contributed by atoms with E-state index >= 15 is 0 Å². The minimum atomic E-state index is -0.814. The van der Waals surface area contributed by atoms with Gasteiger partial charge in [-0.2, -0.15) is 0 Å². The van der Waals surface area contributed by atoms with Gasteiger partial charge in [-0.15, -0.1) is 0 Å². The summed E-state index contributed by atoms with van der Waals surface area (Å²) in [7, 11) is 0. The molecule has 0 fully saturated rings. The lowest BCUT2D eigenvalue weighted by atomic mass is 9.96. The van der Waals surface area contributed by atoms with Gasteiger partial charge >= 0.3 is 5.97 Å². The van der Waals surface area contributed by atoms with E-state index in [9.17, 15) is 9.18 Å². The molecule has 3 heteroatoms. The molecule has 0 amide bonds. The van der Waals surface area contributed by atoms with Crippen LogP contribution >= 0.6 is 0 Å². The van der Waals surface area contributed by atoms with Crippen molar-refractivity contribution in [2.45, 2.75) is 27.2 Å². The highest BCUT2D eigenvalue weighted by Gasteiger charge is 2.16. The smallest absolute Gasteiger partial charge is 0.310 e. The van der Waals surface area contributed by atoms with Gasteiger partial charge in [-0.25, -0.2) is 4.39 Å². The van der Waals surface area contributed by atoms with Crippen molar-refractivity contribution >= 4 is 11.5 Å². The predicted octanol–water partition coefficient (Wildman–Crippen LogP) is 7.00. The fourth-order valence-corrected chi connectivity index (χ4v) is 2.07. The zero-order chi connectivity index (χ0) is 21.2. The second-order valence-corrected chi connectivity index (χ2v) is 4.97. The fraction of sp³-hybridized carbons (Fsp3) is 0.208. The van der Waals surface area contributed by atoms with Crippen molar-refractivity contribution in [3.8, 4) is 0 Å². The van der Waals surface area contributed by atoms with Crippen LogP contribution in [0.2, 0.25) is 0 Å². The number of carboxylic acids is 1. The zero-order valence-corrected chi connectivity index (χ0v) is 16.6. The Balaban J connectivity index is 0. The molecule has 2 nitrogen and oxygen atoms in total. The molecule has 0 spiro atoms. The van der Waals surface area contributed by atoms with Crippen molar-refractivity contribution in [2.75, 3.05) is 0 Å². The van der Waals surface area contributed by atoms with Crippen LogP contribution in [0.3, 0.4) is 0 Å². The number of carbonyl (C=O) groups is 1. The van der Waals surface area contributed by atoms with E-state index in [2.05, 4.69) is 26.3 Å². The third kappa shape index (κ3) is 10.6. The monoisotopic (exact) mass is 370 g/mol. The van der Waals surface area contributed by atoms with Crippen LogP contribution in [0, 0.1) is 11.7 Å². The van der Waals surface area contributed by atoms with Crippen LogP contribution in [0.25, 0.3) is 5.57 Å². The first-order valence-electron chi connectivity index (χ1n) is 8.84. The first-order valence-corrected chi connectivity index (χ1v) is 8.84. The average Bonchev–Trinajstić information content (AvgIpc) is 2.68. The summed E-state index contributed by atoms with van der Waals surface area (Å²) in [6, 6.07) is 6.28. The fourth-order valence-electron chi connectivity index (χ4n) is 2.07. The van der Waals surface area contributed by atoms with Crippen LogP contribution < -0.4 is 0 Å². The Hall–Kier alpha value is -2.94. The molecule has 27 heavy (non-hydrogen) atoms. The number of allylic oxidation sites excluding steroid dienone is 7. The van der Waals surface area contributed by atoms with Gasteiger partial charge in [0.2, 0.25) is 0 Å². The van der Waals surface area contributed by atoms with E-state index < -0.39 is 11.9 Å². The van der Waals surface area contributed by atoms with E-state index in [4.69, 9.17) is 5.11 Å². The van der Waals surface area contributed by atoms with Gasteiger partial charge in [-0.3, -0.25) is 4.79 Å². The second kappa shape index (κ2) is 16.5. The molecule has 1 aromatic carbocycles. The molecule has 1 unspecified atom stereocenters. The number of rotatable bonds is 8. The maximum atomic E-state index is 12.6. The first-order chi connectivity index (χ1) is 12.9. The Morgan fingerprint density at radius 3 is 1.89 bits per heavy atom. The van der Waals surface area contributed by atoms with E-state index in [1.54, 1.807) is 42.5 Å². The van der Waals surface area contributed by atoms with Crippen LogP contribution in [-0.2, 0) is 4.79 Å². The molecule has 1 atom stereocenters. The largest absolute Gasteiger partial charge is 0.481 e. The van der Waals surface area contributed by atoms with Crippen LogP contribution in [0.4, 0.5) is 4.39 Å². The molecule has 1 rings (SSSR count). The molecular formula is C24H31FO2. The lowest BCUT2D eigenvalue weighted by molar-refractivity contribution is -0.140. The minimum absolute atomic E-state index is 0.231. The topological polar surface area (TPSA) is 37.3 Å². The Morgan fingerprint density at radius 1 is 1.04 bits per heavy atom. The summed E-state index contributed by atoms with van der Waals surface area (Å²) in [6.45, 7) is 20.2. The van der Waals surface area contributed by atoms with Crippen molar-refractivity contribution < 1.29 is 14.3 Å². The molecule has 0 saturated heterocycles. The number of hydrogen-bond donors (Lipinski definition) is 1. The van der Waals surface area contributed by atoms with Crippen LogP contribution in [0.1, 0.15) is 32.8 Å². The highest BCUT2D eigenvalue weighted by atomic mass is 19.1. The van der Waals surface area contributed by atoms with Gasteiger partial charge in [0, 0.05) is 0 Å². The van der Waals surface area contributed by atoms with E-state index in [0.717, 1.165) is 11.1 Å². The van der Waals surface area contributed by atoms with Crippen LogP contribution in [-0.4, -0.2) is 11.1 Å². The second-order valence-electron chi connectivity index (χ2n) is 4.97. The van der Waals surface area contributed by atoms with Crippen LogP contribution in [0.5, 0.6) is 0 Å². The molecule has 1 aromatic rings. The highest BCUT2D eigenvalue weighted by molar-refractivity contribution is 5.75. The number of halogens is 1. The predicted molar refractivity (Wildman–Crippen MR) is 116 cm³/mol. The summed E-state index contributed by atoms with van der Waals surface area (Å²) in [6.07, 6.45) is 10.6. The summed E-state index contributed by atoms with van der Waals surface area (Å²) in [5.74, 6) is -1.50. The molecule has 0 bridgehead atoms. The molecule has 0 aliphatic heterocycles. The number of hydrogen-bond acceptors (Lipinski definition) is 1. The Kier molecular flexibility index (Phi) is 16.1. The van der Waals surface area contributed by atoms with E-state index in [0.29, 0.717) is 12.0 Å². The minimum Gasteiger partial charge on any atom is -0.481 e. The quantitative estimate of drug-likeness (QED) is 0.500. The van der Waals surface area contributed by atoms with Gasteiger partial charge in [0.05, 0.1) is 5.92 Å². The van der Waals surface area contributed by atoms with Crippen molar-refractivity contribution in [2.24, 2.45) is 5.92 Å². The molecule has 0 saturated carbocycles. The van der Waals surface area contributed by atoms with E-state index in [1.165, 1.54) is 12.1 Å². The van der Waals surface area contributed by atoms with E-state index in [1.807, 2.05) is 26.8 Å². The Bertz CT molecular complexity index is 664. The van der Waals surface area contributed by atoms with Crippen molar-refractivity contribution in [1.29, 1.82) is 0 Å². The molecule has 0 radical (unpaired) electrons. The average molecular weight is 371 g/mol. The number of benzene rings is 1. The van der Waals surface area contributed by atoms with Gasteiger partial charge < -0.3 is 5.11 Å². The normalized spacial score (nSPS) is 11.6. The van der Waals surface area contributed by atoms with Crippen LogP contribution in [0.15, 0.2) is 92.6 Å². The standard InChI is InChI=1S/C12H11F.C10H14O2.C2H6/c1-3-5-10(4-2)11-6-8-12(13)9-7-11;1-4-7-8(5-2)9(6-3)10(11)12;1-2/h3-9H,1-2H2;4-5,7,9H,1-2,6H2,3H3,(H,11,12);1-2H3/b10-5+;8-7+;. The van der Waals surface area contributed by atoms with Gasteiger partial charge in [-0.1, -0.05) is 95.7 Å². The zero-order valence-electron chi connectivity index (χ0n) is 16.6. The van der Waals surface area contributed by atoms with Gasteiger partial charge in [0.25, 0.3) is 0 Å². The summed E-state index contributed by atoms with van der Waals surface area (Å²) in [4.78, 5) is 10.7. The lowest BCUT2D eigenvalue weighted by Gasteiger charge is -2.09. The number of aliphatic carboxylic acids is 1. The van der Waals surface area contributed by atoms with Crippen molar-refractivity contribution in [3.05, 3.63) is 104 Å². The van der Waals surface area contributed by atoms with Gasteiger partial charge in [-0.05, 0) is 35.3 Å². The maximum absolute atomic E-state index is 12.6. The highest BCUT2D eigenvalue weighted by Crippen LogP contribution is 2.16. The molecular weight excluding hydrogens is 339 g/mol. The summed E-state index contributed by atoms with van der Waals surface area (Å²) >= 11 is 0. The third-order valence-electron chi connectivity index (χ3n) is 3.35. The summed E-state index contributed by atoms with van der Waals surface area (Å²) in [5, 5.41) is 8.78. The summed E-state index contributed by atoms with van der Waals surface area (Å²) in [5.41, 5.74) is 2.59. The maximum Gasteiger partial charge on any atom is 0.310 e. The SMILES string of the molecule is C=C/C=C(\C=C)C(CC)C(=O)O.C=C/C=C(\C=C)c1ccc(F)cc1.CC. The third-order valence-corrected chi connectivity index (χ3v) is 3.35. The Labute approximate surface area is 163 Å². The summed E-state index contributed by atoms with van der Waals surface area (Å²) < 4.78 is 12.6. The van der Waals surface area contributed by atoms with Crippen molar-refractivity contribution in [1.82, 2.24) is 0 Å². The molecule has 0 heterocycles. The van der Waals surface area contributed by atoms with Gasteiger partial charge in [0.1, 0.15) is 5.82 Å². The van der Waals surface area contributed by atoms with Crippen molar-refractivity contribution in [3.63, 3.8) is 0 Å². The first kappa shape index (κ1) is 26.3. The molecule has 0 aliphatic rings. The lowest BCUT2D eigenvalue weighted by Crippen LogP contribution is -2.13.